The first kappa shape index (κ1) is 14.3. The Morgan fingerprint density at radius 1 is 1.25 bits per heavy atom. The highest BCUT2D eigenvalue weighted by atomic mass is 16.5. The van der Waals surface area contributed by atoms with Crippen molar-refractivity contribution < 1.29 is 14.3 Å². The first-order valence-electron chi connectivity index (χ1n) is 6.54. The van der Waals surface area contributed by atoms with Gasteiger partial charge in [0.25, 0.3) is 0 Å². The topological polar surface area (TPSA) is 67.4 Å². The predicted molar refractivity (Wildman–Crippen MR) is 75.3 cm³/mol. The molecule has 1 aliphatic rings. The Kier molecular flexibility index (Phi) is 4.20. The van der Waals surface area contributed by atoms with Gasteiger partial charge in [-0.2, -0.15) is 0 Å². The molecule has 1 heterocycles. The van der Waals surface area contributed by atoms with Gasteiger partial charge >= 0.3 is 6.03 Å². The molecular weight excluding hydrogens is 256 g/mol. The molecule has 0 fully saturated rings. The fourth-order valence-electron chi connectivity index (χ4n) is 2.10. The molecule has 2 rings (SSSR count). The molecule has 1 unspecified atom stereocenters. The Morgan fingerprint density at radius 3 is 2.50 bits per heavy atom. The lowest BCUT2D eigenvalue weighted by atomic mass is 9.98. The molecule has 0 saturated heterocycles. The molecule has 2 amide bonds. The number of ketones is 1. The molecule has 0 aromatic heterocycles. The van der Waals surface area contributed by atoms with Gasteiger partial charge in [-0.15, -0.1) is 0 Å². The predicted octanol–water partition coefficient (Wildman–Crippen LogP) is 2.13. The van der Waals surface area contributed by atoms with Gasteiger partial charge in [0, 0.05) is 17.9 Å². The van der Waals surface area contributed by atoms with Crippen LogP contribution in [0.1, 0.15) is 29.8 Å². The van der Waals surface area contributed by atoms with Crippen LogP contribution in [0.3, 0.4) is 0 Å². The number of hydrogen-bond donors (Lipinski definition) is 2. The number of aryl methyl sites for hydroxylation is 1. The van der Waals surface area contributed by atoms with E-state index in [1.807, 2.05) is 26.0 Å². The largest absolute Gasteiger partial charge is 0.354 e. The standard InChI is InChI=1S/C15H18N2O3/c1-4-20-14-12(10(3)16-15(19)17-14)13(18)11-7-5-9(2)6-8-11/h5-8,14H,4H2,1-3H3,(H2,16,17,19). The number of hydrogen-bond acceptors (Lipinski definition) is 3. The molecule has 5 heteroatoms. The number of Topliss-reactive ketones (excluding diaryl/α,β-unsaturated/α-hetero) is 1. The molecule has 1 aliphatic heterocycles. The van der Waals surface area contributed by atoms with Crippen molar-refractivity contribution in [3.63, 3.8) is 0 Å². The second-order valence-electron chi connectivity index (χ2n) is 4.67. The van der Waals surface area contributed by atoms with Crippen molar-refractivity contribution in [3.05, 3.63) is 46.7 Å². The molecule has 0 aliphatic carbocycles. The van der Waals surface area contributed by atoms with Crippen molar-refractivity contribution >= 4 is 11.8 Å². The van der Waals surface area contributed by atoms with Crippen LogP contribution in [-0.4, -0.2) is 24.6 Å². The summed E-state index contributed by atoms with van der Waals surface area (Å²) in [7, 11) is 0. The minimum absolute atomic E-state index is 0.145. The van der Waals surface area contributed by atoms with Gasteiger partial charge in [0.2, 0.25) is 0 Å². The Balaban J connectivity index is 2.36. The molecular formula is C15H18N2O3. The summed E-state index contributed by atoms with van der Waals surface area (Å²) in [5.41, 5.74) is 2.63. The first-order chi connectivity index (χ1) is 9.52. The summed E-state index contributed by atoms with van der Waals surface area (Å²) in [5, 5.41) is 5.22. The molecule has 1 aromatic carbocycles. The van der Waals surface area contributed by atoms with Gasteiger partial charge in [-0.05, 0) is 20.8 Å². The van der Waals surface area contributed by atoms with E-state index in [9.17, 15) is 9.59 Å². The number of allylic oxidation sites excluding steroid dienone is 1. The van der Waals surface area contributed by atoms with Crippen molar-refractivity contribution in [1.29, 1.82) is 0 Å². The monoisotopic (exact) mass is 274 g/mol. The van der Waals surface area contributed by atoms with Gasteiger partial charge in [-0.25, -0.2) is 4.79 Å². The van der Waals surface area contributed by atoms with Crippen LogP contribution in [0.4, 0.5) is 4.79 Å². The Bertz CT molecular complexity index is 561. The molecule has 0 saturated carbocycles. The van der Waals surface area contributed by atoms with Gasteiger partial charge < -0.3 is 15.4 Å². The Hall–Kier alpha value is -2.14. The molecule has 5 nitrogen and oxygen atoms in total. The Labute approximate surface area is 118 Å². The fraction of sp³-hybridized carbons (Fsp3) is 0.333. The van der Waals surface area contributed by atoms with Crippen molar-refractivity contribution in [2.75, 3.05) is 6.61 Å². The van der Waals surface area contributed by atoms with E-state index in [1.165, 1.54) is 0 Å². The zero-order valence-electron chi connectivity index (χ0n) is 11.8. The van der Waals surface area contributed by atoms with Crippen molar-refractivity contribution in [2.24, 2.45) is 0 Å². The molecule has 1 aromatic rings. The molecule has 0 spiro atoms. The van der Waals surface area contributed by atoms with E-state index >= 15 is 0 Å². The summed E-state index contributed by atoms with van der Waals surface area (Å²) in [5.74, 6) is -0.145. The third-order valence-corrected chi connectivity index (χ3v) is 3.12. The van der Waals surface area contributed by atoms with E-state index in [0.29, 0.717) is 23.4 Å². The van der Waals surface area contributed by atoms with E-state index in [-0.39, 0.29) is 11.8 Å². The number of rotatable bonds is 4. The summed E-state index contributed by atoms with van der Waals surface area (Å²) >= 11 is 0. The second kappa shape index (κ2) is 5.88. The average molecular weight is 274 g/mol. The van der Waals surface area contributed by atoms with Gasteiger partial charge in [0.05, 0.1) is 5.57 Å². The van der Waals surface area contributed by atoms with E-state index in [2.05, 4.69) is 10.6 Å². The number of ether oxygens (including phenoxy) is 1. The molecule has 1 atom stereocenters. The summed E-state index contributed by atoms with van der Waals surface area (Å²) in [6.45, 7) is 5.89. The highest BCUT2D eigenvalue weighted by Crippen LogP contribution is 2.19. The number of carbonyl (C=O) groups excluding carboxylic acids is 2. The third kappa shape index (κ3) is 2.88. The molecule has 0 radical (unpaired) electrons. The third-order valence-electron chi connectivity index (χ3n) is 3.12. The van der Waals surface area contributed by atoms with Gasteiger partial charge in [0.15, 0.2) is 12.0 Å². The maximum Gasteiger partial charge on any atom is 0.321 e. The van der Waals surface area contributed by atoms with E-state index in [0.717, 1.165) is 5.56 Å². The SMILES string of the molecule is CCOC1NC(=O)NC(C)=C1C(=O)c1ccc(C)cc1. The average Bonchev–Trinajstić information content (AvgIpc) is 2.38. The van der Waals surface area contributed by atoms with Crippen molar-refractivity contribution in [3.8, 4) is 0 Å². The molecule has 2 N–H and O–H groups in total. The van der Waals surface area contributed by atoms with Gasteiger partial charge in [0.1, 0.15) is 0 Å². The van der Waals surface area contributed by atoms with Crippen LogP contribution >= 0.6 is 0 Å². The normalized spacial score (nSPS) is 18.6. The number of urea groups is 1. The summed E-state index contributed by atoms with van der Waals surface area (Å²) in [6.07, 6.45) is -0.706. The van der Waals surface area contributed by atoms with Crippen LogP contribution in [0.2, 0.25) is 0 Å². The molecule has 106 valence electrons. The van der Waals surface area contributed by atoms with E-state index < -0.39 is 6.23 Å². The van der Waals surface area contributed by atoms with E-state index in [1.54, 1.807) is 19.1 Å². The zero-order valence-corrected chi connectivity index (χ0v) is 11.8. The summed E-state index contributed by atoms with van der Waals surface area (Å²) < 4.78 is 5.45. The Morgan fingerprint density at radius 2 is 1.90 bits per heavy atom. The second-order valence-corrected chi connectivity index (χ2v) is 4.67. The lowest BCUT2D eigenvalue weighted by Crippen LogP contribution is -2.50. The van der Waals surface area contributed by atoms with Crippen LogP contribution in [0.15, 0.2) is 35.5 Å². The minimum atomic E-state index is -0.706. The first-order valence-corrected chi connectivity index (χ1v) is 6.54. The lowest BCUT2D eigenvalue weighted by Gasteiger charge is -2.27. The van der Waals surface area contributed by atoms with E-state index in [4.69, 9.17) is 4.74 Å². The van der Waals surface area contributed by atoms with Crippen molar-refractivity contribution in [1.82, 2.24) is 10.6 Å². The minimum Gasteiger partial charge on any atom is -0.354 e. The van der Waals surface area contributed by atoms with Crippen LogP contribution < -0.4 is 10.6 Å². The maximum absolute atomic E-state index is 12.6. The number of amides is 2. The summed E-state index contributed by atoms with van der Waals surface area (Å²) in [4.78, 5) is 24.0. The lowest BCUT2D eigenvalue weighted by molar-refractivity contribution is 0.0607. The number of nitrogens with one attached hydrogen (secondary N) is 2. The number of benzene rings is 1. The van der Waals surface area contributed by atoms with Crippen LogP contribution in [0.25, 0.3) is 0 Å². The van der Waals surface area contributed by atoms with Crippen LogP contribution in [0.5, 0.6) is 0 Å². The molecule has 0 bridgehead atoms. The number of carbonyl (C=O) groups is 2. The van der Waals surface area contributed by atoms with Gasteiger partial charge in [-0.1, -0.05) is 29.8 Å². The molecule has 20 heavy (non-hydrogen) atoms. The highest BCUT2D eigenvalue weighted by Gasteiger charge is 2.30. The quantitative estimate of drug-likeness (QED) is 0.826. The fourth-order valence-corrected chi connectivity index (χ4v) is 2.10. The van der Waals surface area contributed by atoms with Crippen molar-refractivity contribution in [2.45, 2.75) is 27.0 Å². The van der Waals surface area contributed by atoms with Crippen LogP contribution in [0, 0.1) is 6.92 Å². The summed E-state index contributed by atoms with van der Waals surface area (Å²) in [6, 6.07) is 6.96. The maximum atomic E-state index is 12.6. The van der Waals surface area contributed by atoms with Gasteiger partial charge in [-0.3, -0.25) is 4.79 Å². The highest BCUT2D eigenvalue weighted by molar-refractivity contribution is 6.10. The zero-order chi connectivity index (χ0) is 14.7. The van der Waals surface area contributed by atoms with Crippen LogP contribution in [-0.2, 0) is 4.74 Å². The smallest absolute Gasteiger partial charge is 0.321 e.